The predicted octanol–water partition coefficient (Wildman–Crippen LogP) is 1.34. The van der Waals surface area contributed by atoms with E-state index < -0.39 is 0 Å². The molecule has 1 saturated heterocycles. The molecule has 126 valence electrons. The summed E-state index contributed by atoms with van der Waals surface area (Å²) in [5.41, 5.74) is 1.21. The third kappa shape index (κ3) is 4.24. The number of amides is 1. The van der Waals surface area contributed by atoms with E-state index in [1.54, 1.807) is 0 Å². The first-order valence-electron chi connectivity index (χ1n) is 8.55. The van der Waals surface area contributed by atoms with Gasteiger partial charge >= 0.3 is 0 Å². The van der Waals surface area contributed by atoms with E-state index in [2.05, 4.69) is 16.3 Å². The van der Waals surface area contributed by atoms with Crippen molar-refractivity contribution in [2.24, 2.45) is 0 Å². The minimum Gasteiger partial charge on any atom is -0.488 e. The van der Waals surface area contributed by atoms with Gasteiger partial charge in [0.25, 0.3) is 0 Å². The Hall–Kier alpha value is -1.59. The number of carbonyl (C=O) groups excluding carboxylic acids is 1. The van der Waals surface area contributed by atoms with E-state index in [0.29, 0.717) is 19.1 Å². The van der Waals surface area contributed by atoms with E-state index >= 15 is 0 Å². The molecule has 0 saturated carbocycles. The Morgan fingerprint density at radius 2 is 2.30 bits per heavy atom. The van der Waals surface area contributed by atoms with Crippen LogP contribution in [0.2, 0.25) is 0 Å². The lowest BCUT2D eigenvalue weighted by Crippen LogP contribution is -2.43. The topological polar surface area (TPSA) is 61.8 Å². The van der Waals surface area contributed by atoms with Crippen LogP contribution in [0.1, 0.15) is 31.7 Å². The molecule has 1 aromatic rings. The number of nitrogens with one attached hydrogen (secondary N) is 1. The molecule has 3 atom stereocenters. The van der Waals surface area contributed by atoms with Crippen LogP contribution >= 0.6 is 0 Å². The molecule has 0 bridgehead atoms. The van der Waals surface area contributed by atoms with Crippen LogP contribution in [0, 0.1) is 0 Å². The van der Waals surface area contributed by atoms with Gasteiger partial charge in [0.2, 0.25) is 5.91 Å². The first kappa shape index (κ1) is 16.3. The molecule has 0 spiro atoms. The molecule has 0 radical (unpaired) electrons. The number of aliphatic hydroxyl groups is 1. The average Bonchev–Trinajstić information content (AvgIpc) is 3.11. The number of para-hydroxylation sites is 1. The highest BCUT2D eigenvalue weighted by Crippen LogP contribution is 2.27. The Bertz CT molecular complexity index is 522. The number of fused-ring (bicyclic) bond motifs is 1. The summed E-state index contributed by atoms with van der Waals surface area (Å²) in [6.45, 7) is 3.71. The monoisotopic (exact) mass is 318 g/mol. The van der Waals surface area contributed by atoms with Gasteiger partial charge in [-0.3, -0.25) is 9.69 Å². The molecule has 5 heteroatoms. The maximum atomic E-state index is 12.2. The van der Waals surface area contributed by atoms with E-state index in [0.717, 1.165) is 38.0 Å². The molecule has 1 amide bonds. The Balaban J connectivity index is 1.42. The number of hydrogen-bond donors (Lipinski definition) is 2. The summed E-state index contributed by atoms with van der Waals surface area (Å²) >= 11 is 0. The van der Waals surface area contributed by atoms with Gasteiger partial charge in [-0.2, -0.15) is 0 Å². The number of aliphatic hydroxyl groups excluding tert-OH is 1. The van der Waals surface area contributed by atoms with Crippen LogP contribution in [0.5, 0.6) is 5.75 Å². The van der Waals surface area contributed by atoms with Crippen molar-refractivity contribution in [3.63, 3.8) is 0 Å². The molecular formula is C18H26N2O3. The molecule has 0 aliphatic carbocycles. The van der Waals surface area contributed by atoms with Gasteiger partial charge in [-0.05, 0) is 44.4 Å². The Morgan fingerprint density at radius 3 is 3.09 bits per heavy atom. The highest BCUT2D eigenvalue weighted by atomic mass is 16.5. The second-order valence-corrected chi connectivity index (χ2v) is 6.71. The highest BCUT2D eigenvalue weighted by Gasteiger charge is 2.28. The fourth-order valence-electron chi connectivity index (χ4n) is 3.60. The lowest BCUT2D eigenvalue weighted by atomic mass is 10.1. The molecule has 2 aliphatic heterocycles. The van der Waals surface area contributed by atoms with Crippen molar-refractivity contribution in [3.8, 4) is 5.75 Å². The highest BCUT2D eigenvalue weighted by molar-refractivity contribution is 5.78. The van der Waals surface area contributed by atoms with E-state index in [1.807, 2.05) is 25.1 Å². The van der Waals surface area contributed by atoms with Gasteiger partial charge in [0.1, 0.15) is 11.9 Å². The largest absolute Gasteiger partial charge is 0.488 e. The number of rotatable bonds is 6. The maximum Gasteiger partial charge on any atom is 0.234 e. The van der Waals surface area contributed by atoms with E-state index in [-0.39, 0.29) is 18.1 Å². The fourth-order valence-corrected chi connectivity index (χ4v) is 3.60. The number of hydrogen-bond acceptors (Lipinski definition) is 4. The van der Waals surface area contributed by atoms with Crippen molar-refractivity contribution in [2.75, 3.05) is 19.6 Å². The molecule has 1 aromatic carbocycles. The Morgan fingerprint density at radius 1 is 1.48 bits per heavy atom. The number of carbonyl (C=O) groups is 1. The lowest BCUT2D eigenvalue weighted by Gasteiger charge is -2.25. The zero-order valence-electron chi connectivity index (χ0n) is 13.7. The van der Waals surface area contributed by atoms with Crippen LogP contribution < -0.4 is 10.1 Å². The molecule has 3 rings (SSSR count). The van der Waals surface area contributed by atoms with Crippen molar-refractivity contribution >= 4 is 5.91 Å². The van der Waals surface area contributed by atoms with Crippen LogP contribution in [0.4, 0.5) is 0 Å². The standard InChI is InChI=1S/C18H26N2O3/c1-13(21)9-15-6-4-8-20(15)12-18(22)19-11-16-10-14-5-2-3-7-17(14)23-16/h2-3,5,7,13,15-16,21H,4,6,8-12H2,1H3,(H,19,22). The quantitative estimate of drug-likeness (QED) is 0.831. The number of nitrogens with zero attached hydrogens (tertiary/aromatic N) is 1. The molecule has 2 N–H and O–H groups in total. The second-order valence-electron chi connectivity index (χ2n) is 6.71. The summed E-state index contributed by atoms with van der Waals surface area (Å²) in [4.78, 5) is 14.4. The summed E-state index contributed by atoms with van der Waals surface area (Å²) in [7, 11) is 0. The predicted molar refractivity (Wildman–Crippen MR) is 88.5 cm³/mol. The first-order valence-corrected chi connectivity index (χ1v) is 8.55. The van der Waals surface area contributed by atoms with Crippen molar-refractivity contribution in [1.29, 1.82) is 0 Å². The Kier molecular flexibility index (Phi) is 5.18. The summed E-state index contributed by atoms with van der Waals surface area (Å²) in [5.74, 6) is 0.977. The molecule has 3 unspecified atom stereocenters. The van der Waals surface area contributed by atoms with Crippen LogP contribution in [0.15, 0.2) is 24.3 Å². The molecular weight excluding hydrogens is 292 g/mol. The third-order valence-electron chi connectivity index (χ3n) is 4.70. The number of ether oxygens (including phenoxy) is 1. The summed E-state index contributed by atoms with van der Waals surface area (Å²) in [6, 6.07) is 8.35. The molecule has 2 heterocycles. The smallest absolute Gasteiger partial charge is 0.234 e. The van der Waals surface area contributed by atoms with Gasteiger partial charge in [0.05, 0.1) is 19.2 Å². The molecule has 1 fully saturated rings. The normalized spacial score (nSPS) is 25.0. The average molecular weight is 318 g/mol. The summed E-state index contributed by atoms with van der Waals surface area (Å²) in [6.07, 6.45) is 3.49. The maximum absolute atomic E-state index is 12.2. The minimum atomic E-state index is -0.311. The van der Waals surface area contributed by atoms with Crippen molar-refractivity contribution < 1.29 is 14.6 Å². The van der Waals surface area contributed by atoms with Crippen molar-refractivity contribution in [2.45, 2.75) is 50.9 Å². The van der Waals surface area contributed by atoms with Crippen LogP contribution in [0.25, 0.3) is 0 Å². The minimum absolute atomic E-state index is 0.0307. The van der Waals surface area contributed by atoms with Gasteiger partial charge in [-0.25, -0.2) is 0 Å². The molecule has 23 heavy (non-hydrogen) atoms. The van der Waals surface area contributed by atoms with E-state index in [9.17, 15) is 9.90 Å². The zero-order chi connectivity index (χ0) is 16.2. The first-order chi connectivity index (χ1) is 11.1. The number of likely N-dealkylation sites (tertiary alicyclic amines) is 1. The van der Waals surface area contributed by atoms with Gasteiger partial charge in [0.15, 0.2) is 0 Å². The van der Waals surface area contributed by atoms with Crippen molar-refractivity contribution in [1.82, 2.24) is 10.2 Å². The molecule has 5 nitrogen and oxygen atoms in total. The van der Waals surface area contributed by atoms with Gasteiger partial charge in [0, 0.05) is 12.5 Å². The van der Waals surface area contributed by atoms with Crippen LogP contribution in [-0.2, 0) is 11.2 Å². The second kappa shape index (κ2) is 7.32. The van der Waals surface area contributed by atoms with Crippen LogP contribution in [-0.4, -0.2) is 53.8 Å². The SMILES string of the molecule is CC(O)CC1CCCN1CC(=O)NCC1Cc2ccccc2O1. The lowest BCUT2D eigenvalue weighted by molar-refractivity contribution is -0.122. The van der Waals surface area contributed by atoms with Gasteiger partial charge in [-0.1, -0.05) is 18.2 Å². The summed E-state index contributed by atoms with van der Waals surface area (Å²) in [5, 5.41) is 12.5. The fraction of sp³-hybridized carbons (Fsp3) is 0.611. The third-order valence-corrected chi connectivity index (χ3v) is 4.70. The summed E-state index contributed by atoms with van der Waals surface area (Å²) < 4.78 is 5.84. The van der Waals surface area contributed by atoms with E-state index in [1.165, 1.54) is 5.56 Å². The molecule has 2 aliphatic rings. The van der Waals surface area contributed by atoms with Crippen molar-refractivity contribution in [3.05, 3.63) is 29.8 Å². The van der Waals surface area contributed by atoms with Crippen LogP contribution in [0.3, 0.4) is 0 Å². The zero-order valence-corrected chi connectivity index (χ0v) is 13.7. The van der Waals surface area contributed by atoms with Gasteiger partial charge < -0.3 is 15.2 Å². The van der Waals surface area contributed by atoms with Gasteiger partial charge in [-0.15, -0.1) is 0 Å². The molecule has 0 aromatic heterocycles. The number of benzene rings is 1. The van der Waals surface area contributed by atoms with E-state index in [4.69, 9.17) is 4.74 Å². The Labute approximate surface area is 137 Å².